The van der Waals surface area contributed by atoms with Gasteiger partial charge in [0.1, 0.15) is 0 Å². The van der Waals surface area contributed by atoms with Crippen LogP contribution in [0.3, 0.4) is 0 Å². The lowest BCUT2D eigenvalue weighted by Gasteiger charge is -1.98. The largest absolute Gasteiger partial charge is 0.478 e. The van der Waals surface area contributed by atoms with Gasteiger partial charge in [0.15, 0.2) is 0 Å². The zero-order valence-electron chi connectivity index (χ0n) is 7.15. The molecule has 1 aromatic heterocycles. The maximum absolute atomic E-state index is 10.4. The molecule has 0 aromatic carbocycles. The van der Waals surface area contributed by atoms with Gasteiger partial charge in [0, 0.05) is 12.7 Å². The van der Waals surface area contributed by atoms with Crippen LogP contribution in [0.15, 0.2) is 18.3 Å². The zero-order valence-corrected chi connectivity index (χ0v) is 7.97. The van der Waals surface area contributed by atoms with Gasteiger partial charge >= 0.3 is 5.97 Å². The van der Waals surface area contributed by atoms with Crippen molar-refractivity contribution in [1.82, 2.24) is 10.3 Å². The van der Waals surface area contributed by atoms with Gasteiger partial charge in [0.2, 0.25) is 0 Å². The van der Waals surface area contributed by atoms with Crippen molar-refractivity contribution in [3.05, 3.63) is 29.6 Å². The van der Waals surface area contributed by atoms with Gasteiger partial charge in [0.05, 0.1) is 11.3 Å². The van der Waals surface area contributed by atoms with Crippen LogP contribution in [-0.4, -0.2) is 23.1 Å². The second kappa shape index (κ2) is 5.50. The molecule has 0 atom stereocenters. The Morgan fingerprint density at radius 1 is 1.62 bits per heavy atom. The highest BCUT2D eigenvalue weighted by Gasteiger charge is 2.01. The van der Waals surface area contributed by atoms with Crippen LogP contribution in [0.5, 0.6) is 0 Å². The lowest BCUT2D eigenvalue weighted by Crippen LogP contribution is -2.07. The van der Waals surface area contributed by atoms with Crippen LogP contribution in [0.2, 0.25) is 0 Å². The number of nitrogens with zero attached hydrogens (tertiary/aromatic N) is 1. The van der Waals surface area contributed by atoms with Crippen molar-refractivity contribution in [2.45, 2.75) is 6.54 Å². The van der Waals surface area contributed by atoms with Crippen LogP contribution >= 0.6 is 12.4 Å². The number of carbonyl (C=O) groups is 1. The number of hydrogen-bond acceptors (Lipinski definition) is 3. The Morgan fingerprint density at radius 3 is 2.69 bits per heavy atom. The summed E-state index contributed by atoms with van der Waals surface area (Å²) in [4.78, 5) is 14.4. The van der Waals surface area contributed by atoms with Crippen LogP contribution in [0.25, 0.3) is 0 Å². The molecule has 0 fully saturated rings. The molecule has 5 heteroatoms. The summed E-state index contributed by atoms with van der Waals surface area (Å²) in [5, 5.41) is 11.5. The third kappa shape index (κ3) is 3.40. The number of pyridine rings is 1. The maximum atomic E-state index is 10.4. The van der Waals surface area contributed by atoms with Gasteiger partial charge < -0.3 is 10.4 Å². The summed E-state index contributed by atoms with van der Waals surface area (Å²) in [6, 6.07) is 3.24. The Kier molecular flexibility index (Phi) is 5.03. The van der Waals surface area contributed by atoms with Crippen molar-refractivity contribution >= 4 is 18.4 Å². The van der Waals surface area contributed by atoms with Crippen molar-refractivity contribution in [3.63, 3.8) is 0 Å². The van der Waals surface area contributed by atoms with Crippen molar-refractivity contribution in [1.29, 1.82) is 0 Å². The minimum absolute atomic E-state index is 0. The minimum atomic E-state index is -0.946. The molecule has 0 aliphatic carbocycles. The van der Waals surface area contributed by atoms with Gasteiger partial charge in [-0.25, -0.2) is 4.79 Å². The maximum Gasteiger partial charge on any atom is 0.337 e. The molecule has 0 saturated heterocycles. The quantitative estimate of drug-likeness (QED) is 0.765. The normalized spacial score (nSPS) is 9.00. The molecule has 4 nitrogen and oxygen atoms in total. The number of halogens is 1. The van der Waals surface area contributed by atoms with Gasteiger partial charge in [-0.1, -0.05) is 0 Å². The highest BCUT2D eigenvalue weighted by atomic mass is 35.5. The van der Waals surface area contributed by atoms with E-state index in [0.717, 1.165) is 5.69 Å². The Balaban J connectivity index is 0.00000144. The summed E-state index contributed by atoms with van der Waals surface area (Å²) in [5.41, 5.74) is 1.05. The summed E-state index contributed by atoms with van der Waals surface area (Å²) in [6.07, 6.45) is 1.36. The fourth-order valence-corrected chi connectivity index (χ4v) is 0.837. The Hall–Kier alpha value is -1.13. The molecule has 0 aliphatic heterocycles. The van der Waals surface area contributed by atoms with E-state index in [-0.39, 0.29) is 18.0 Å². The standard InChI is InChI=1S/C8H10N2O2.ClH/c1-9-5-7-3-2-6(4-10-7)8(11)12;/h2-4,9H,5H2,1H3,(H,11,12);1H. The van der Waals surface area contributed by atoms with E-state index in [0.29, 0.717) is 6.54 Å². The number of aromatic nitrogens is 1. The molecule has 0 unspecified atom stereocenters. The van der Waals surface area contributed by atoms with Crippen molar-refractivity contribution in [2.75, 3.05) is 7.05 Å². The van der Waals surface area contributed by atoms with E-state index in [1.807, 2.05) is 7.05 Å². The molecule has 0 spiro atoms. The first-order chi connectivity index (χ1) is 5.74. The Bertz CT molecular complexity index is 274. The average Bonchev–Trinajstić information content (AvgIpc) is 2.06. The highest BCUT2D eigenvalue weighted by Crippen LogP contribution is 1.99. The lowest BCUT2D eigenvalue weighted by atomic mass is 10.2. The zero-order chi connectivity index (χ0) is 8.97. The van der Waals surface area contributed by atoms with E-state index in [2.05, 4.69) is 10.3 Å². The first-order valence-electron chi connectivity index (χ1n) is 3.57. The number of rotatable bonds is 3. The predicted octanol–water partition coefficient (Wildman–Crippen LogP) is 0.921. The van der Waals surface area contributed by atoms with Crippen LogP contribution < -0.4 is 5.32 Å². The second-order valence-corrected chi connectivity index (χ2v) is 2.37. The molecule has 72 valence electrons. The molecule has 0 bridgehead atoms. The predicted molar refractivity (Wildman–Crippen MR) is 51.2 cm³/mol. The number of hydrogen-bond donors (Lipinski definition) is 2. The first-order valence-corrected chi connectivity index (χ1v) is 3.57. The van der Waals surface area contributed by atoms with Crippen molar-refractivity contribution in [2.24, 2.45) is 0 Å². The fourth-order valence-electron chi connectivity index (χ4n) is 0.837. The highest BCUT2D eigenvalue weighted by molar-refractivity contribution is 5.87. The molecular formula is C8H11ClN2O2. The fraction of sp³-hybridized carbons (Fsp3) is 0.250. The van der Waals surface area contributed by atoms with Gasteiger partial charge in [0.25, 0.3) is 0 Å². The van der Waals surface area contributed by atoms with Crippen molar-refractivity contribution in [3.8, 4) is 0 Å². The first kappa shape index (κ1) is 11.9. The van der Waals surface area contributed by atoms with Crippen LogP contribution in [0.1, 0.15) is 16.1 Å². The summed E-state index contributed by atoms with van der Waals surface area (Å²) >= 11 is 0. The number of nitrogens with one attached hydrogen (secondary N) is 1. The molecule has 0 saturated carbocycles. The van der Waals surface area contributed by atoms with E-state index in [1.165, 1.54) is 6.20 Å². The van der Waals surface area contributed by atoms with E-state index in [9.17, 15) is 4.79 Å². The average molecular weight is 203 g/mol. The Labute approximate surface area is 82.4 Å². The van der Waals surface area contributed by atoms with E-state index < -0.39 is 5.97 Å². The van der Waals surface area contributed by atoms with Crippen LogP contribution in [0, 0.1) is 0 Å². The van der Waals surface area contributed by atoms with Gasteiger partial charge in [-0.05, 0) is 19.2 Å². The lowest BCUT2D eigenvalue weighted by molar-refractivity contribution is 0.0696. The summed E-state index contributed by atoms with van der Waals surface area (Å²) in [7, 11) is 1.81. The number of carboxylic acids is 1. The van der Waals surface area contributed by atoms with E-state index in [4.69, 9.17) is 5.11 Å². The topological polar surface area (TPSA) is 62.2 Å². The minimum Gasteiger partial charge on any atom is -0.478 e. The third-order valence-corrected chi connectivity index (χ3v) is 1.43. The smallest absolute Gasteiger partial charge is 0.337 e. The summed E-state index contributed by atoms with van der Waals surface area (Å²) < 4.78 is 0. The number of aromatic carboxylic acids is 1. The number of carboxylic acid groups (broad SMARTS) is 1. The van der Waals surface area contributed by atoms with Gasteiger partial charge in [-0.15, -0.1) is 12.4 Å². The monoisotopic (exact) mass is 202 g/mol. The molecule has 0 aliphatic rings. The molecule has 13 heavy (non-hydrogen) atoms. The summed E-state index contributed by atoms with van der Waals surface area (Å²) in [5.74, 6) is -0.946. The van der Waals surface area contributed by atoms with Gasteiger partial charge in [-0.2, -0.15) is 0 Å². The molecular weight excluding hydrogens is 192 g/mol. The summed E-state index contributed by atoms with van der Waals surface area (Å²) in [6.45, 7) is 0.653. The van der Waals surface area contributed by atoms with Crippen LogP contribution in [-0.2, 0) is 6.54 Å². The second-order valence-electron chi connectivity index (χ2n) is 2.37. The molecule has 1 aromatic rings. The van der Waals surface area contributed by atoms with Gasteiger partial charge in [-0.3, -0.25) is 4.98 Å². The van der Waals surface area contributed by atoms with E-state index >= 15 is 0 Å². The van der Waals surface area contributed by atoms with Crippen molar-refractivity contribution < 1.29 is 9.90 Å². The third-order valence-electron chi connectivity index (χ3n) is 1.43. The van der Waals surface area contributed by atoms with Crippen LogP contribution in [0.4, 0.5) is 0 Å². The molecule has 0 amide bonds. The SMILES string of the molecule is CNCc1ccc(C(=O)O)cn1.Cl. The molecule has 1 rings (SSSR count). The molecule has 1 heterocycles. The Morgan fingerprint density at radius 2 is 2.31 bits per heavy atom. The molecule has 0 radical (unpaired) electrons. The van der Waals surface area contributed by atoms with E-state index in [1.54, 1.807) is 12.1 Å². The molecule has 2 N–H and O–H groups in total.